The first-order valence-corrected chi connectivity index (χ1v) is 4.61. The van der Waals surface area contributed by atoms with E-state index in [1.165, 1.54) is 0 Å². The van der Waals surface area contributed by atoms with Crippen LogP contribution in [-0.4, -0.2) is 36.1 Å². The fraction of sp³-hybridized carbons (Fsp3) is 0.889. The minimum Gasteiger partial charge on any atom is -0.371 e. The number of piperidine rings is 1. The summed E-state index contributed by atoms with van der Waals surface area (Å²) in [4.78, 5) is 13.5. The minimum atomic E-state index is 0.127. The summed E-state index contributed by atoms with van der Waals surface area (Å²) in [6.07, 6.45) is 1.83. The van der Waals surface area contributed by atoms with Gasteiger partial charge in [-0.15, -0.1) is 0 Å². The highest BCUT2D eigenvalue weighted by Crippen LogP contribution is 2.28. The maximum atomic E-state index is 11.5. The summed E-state index contributed by atoms with van der Waals surface area (Å²) in [6, 6.07) is 0. The van der Waals surface area contributed by atoms with Crippen LogP contribution >= 0.6 is 0 Å². The quantitative estimate of drug-likeness (QED) is 0.576. The van der Waals surface area contributed by atoms with Crippen LogP contribution in [0, 0.1) is 5.92 Å². The van der Waals surface area contributed by atoms with Gasteiger partial charge in [0.25, 0.3) is 0 Å². The summed E-state index contributed by atoms with van der Waals surface area (Å²) in [6.45, 7) is 5.52. The third-order valence-corrected chi connectivity index (χ3v) is 2.56. The predicted molar refractivity (Wildman–Crippen MR) is 44.7 cm³/mol. The van der Waals surface area contributed by atoms with Crippen LogP contribution in [0.3, 0.4) is 0 Å². The van der Waals surface area contributed by atoms with Crippen LogP contribution in [0.4, 0.5) is 0 Å². The Morgan fingerprint density at radius 3 is 2.33 bits per heavy atom. The van der Waals surface area contributed by atoms with E-state index in [9.17, 15) is 4.79 Å². The molecule has 3 saturated heterocycles. The van der Waals surface area contributed by atoms with Gasteiger partial charge >= 0.3 is 0 Å². The van der Waals surface area contributed by atoms with Gasteiger partial charge in [0.1, 0.15) is 0 Å². The van der Waals surface area contributed by atoms with Gasteiger partial charge in [0.15, 0.2) is 0 Å². The van der Waals surface area contributed by atoms with Crippen LogP contribution in [0.25, 0.3) is 0 Å². The molecule has 0 aromatic rings. The van der Waals surface area contributed by atoms with Crippen molar-refractivity contribution in [1.82, 2.24) is 4.90 Å². The van der Waals surface area contributed by atoms with Gasteiger partial charge in [-0.25, -0.2) is 0 Å². The van der Waals surface area contributed by atoms with Crippen molar-refractivity contribution in [3.63, 3.8) is 0 Å². The van der Waals surface area contributed by atoms with E-state index in [1.54, 1.807) is 0 Å². The van der Waals surface area contributed by atoms with Gasteiger partial charge in [0.05, 0.1) is 12.2 Å². The second-order valence-corrected chi connectivity index (χ2v) is 4.01. The van der Waals surface area contributed by atoms with Gasteiger partial charge in [-0.2, -0.15) is 0 Å². The van der Waals surface area contributed by atoms with Crippen molar-refractivity contribution >= 4 is 5.91 Å². The lowest BCUT2D eigenvalue weighted by atomic mass is 9.97. The zero-order valence-electron chi connectivity index (χ0n) is 7.62. The Hall–Kier alpha value is -0.570. The van der Waals surface area contributed by atoms with Crippen LogP contribution in [0.2, 0.25) is 0 Å². The molecule has 0 aromatic carbocycles. The van der Waals surface area contributed by atoms with Crippen LogP contribution < -0.4 is 0 Å². The van der Waals surface area contributed by atoms with E-state index in [2.05, 4.69) is 0 Å². The predicted octanol–water partition coefficient (Wildman–Crippen LogP) is 0.642. The smallest absolute Gasteiger partial charge is 0.225 e. The van der Waals surface area contributed by atoms with Crippen molar-refractivity contribution < 1.29 is 9.53 Å². The lowest BCUT2D eigenvalue weighted by Crippen LogP contribution is -2.59. The van der Waals surface area contributed by atoms with Crippen molar-refractivity contribution in [3.05, 3.63) is 0 Å². The Bertz CT molecular complexity index is 187. The van der Waals surface area contributed by atoms with Gasteiger partial charge in [0.2, 0.25) is 5.91 Å². The molecule has 0 aliphatic carbocycles. The average Bonchev–Trinajstić information content (AvgIpc) is 2.02. The Kier molecular flexibility index (Phi) is 1.83. The molecule has 1 amide bonds. The number of carbonyl (C=O) groups excluding carboxylic acids is 1. The van der Waals surface area contributed by atoms with Crippen LogP contribution in [0.1, 0.15) is 20.3 Å². The van der Waals surface area contributed by atoms with Crippen LogP contribution in [-0.2, 0) is 9.53 Å². The number of fused-ring (bicyclic) bond motifs is 2. The standard InChI is InChI=1S/C9H15NO2/c1-6(2)9(11)10-4-7-3-8(5-10)12-7/h6-8H,3-5H2,1-2H3. The SMILES string of the molecule is CC(C)C(=O)N1CC2CC(C1)O2. The summed E-state index contributed by atoms with van der Waals surface area (Å²) in [5.74, 6) is 0.399. The molecular formula is C9H15NO2. The number of ether oxygens (including phenoxy) is 1. The summed E-state index contributed by atoms with van der Waals surface area (Å²) in [5, 5.41) is 0. The maximum absolute atomic E-state index is 11.5. The molecule has 3 fully saturated rings. The number of rotatable bonds is 1. The van der Waals surface area contributed by atoms with E-state index in [0.717, 1.165) is 19.5 Å². The van der Waals surface area contributed by atoms with Crippen LogP contribution in [0.15, 0.2) is 0 Å². The van der Waals surface area contributed by atoms with Crippen molar-refractivity contribution in [2.45, 2.75) is 32.5 Å². The van der Waals surface area contributed by atoms with Crippen LogP contribution in [0.5, 0.6) is 0 Å². The Morgan fingerprint density at radius 1 is 1.42 bits per heavy atom. The molecule has 3 aliphatic heterocycles. The van der Waals surface area contributed by atoms with Crippen molar-refractivity contribution in [3.8, 4) is 0 Å². The fourth-order valence-electron chi connectivity index (χ4n) is 1.90. The average molecular weight is 169 g/mol. The molecule has 3 nitrogen and oxygen atoms in total. The highest BCUT2D eigenvalue weighted by Gasteiger charge is 2.40. The molecular weight excluding hydrogens is 154 g/mol. The first-order valence-electron chi connectivity index (χ1n) is 4.61. The second-order valence-electron chi connectivity index (χ2n) is 4.01. The normalized spacial score (nSPS) is 33.4. The Labute approximate surface area is 72.7 Å². The lowest BCUT2D eigenvalue weighted by Gasteiger charge is -2.47. The molecule has 12 heavy (non-hydrogen) atoms. The molecule has 68 valence electrons. The molecule has 2 bridgehead atoms. The van der Waals surface area contributed by atoms with E-state index in [1.807, 2.05) is 18.7 Å². The molecule has 0 aromatic heterocycles. The molecule has 3 heteroatoms. The van der Waals surface area contributed by atoms with E-state index in [0.29, 0.717) is 12.2 Å². The number of nitrogens with zero attached hydrogens (tertiary/aromatic N) is 1. The van der Waals surface area contributed by atoms with E-state index in [4.69, 9.17) is 4.74 Å². The largest absolute Gasteiger partial charge is 0.371 e. The van der Waals surface area contributed by atoms with E-state index in [-0.39, 0.29) is 11.8 Å². The molecule has 3 aliphatic rings. The van der Waals surface area contributed by atoms with Gasteiger partial charge in [-0.1, -0.05) is 13.8 Å². The zero-order chi connectivity index (χ0) is 8.72. The molecule has 0 radical (unpaired) electrons. The number of amides is 1. The number of carbonyl (C=O) groups is 1. The molecule has 2 unspecified atom stereocenters. The lowest BCUT2D eigenvalue weighted by molar-refractivity contribution is -0.189. The first kappa shape index (κ1) is 8.05. The Balaban J connectivity index is 1.93. The first-order chi connectivity index (χ1) is 5.66. The van der Waals surface area contributed by atoms with Gasteiger partial charge in [0, 0.05) is 25.4 Å². The summed E-state index contributed by atoms with van der Waals surface area (Å²) in [5.41, 5.74) is 0. The monoisotopic (exact) mass is 169 g/mol. The maximum Gasteiger partial charge on any atom is 0.225 e. The second kappa shape index (κ2) is 2.73. The molecule has 0 N–H and O–H groups in total. The summed E-state index contributed by atoms with van der Waals surface area (Å²) in [7, 11) is 0. The number of morpholine rings is 1. The highest BCUT2D eigenvalue weighted by atomic mass is 16.5. The fourth-order valence-corrected chi connectivity index (χ4v) is 1.90. The van der Waals surface area contributed by atoms with Gasteiger partial charge < -0.3 is 9.64 Å². The molecule has 0 spiro atoms. The number of hydrogen-bond acceptors (Lipinski definition) is 2. The van der Waals surface area contributed by atoms with Gasteiger partial charge in [-0.3, -0.25) is 4.79 Å². The zero-order valence-corrected chi connectivity index (χ0v) is 7.62. The number of hydrogen-bond donors (Lipinski definition) is 0. The van der Waals surface area contributed by atoms with E-state index < -0.39 is 0 Å². The molecule has 3 rings (SSSR count). The van der Waals surface area contributed by atoms with Crippen molar-refractivity contribution in [1.29, 1.82) is 0 Å². The topological polar surface area (TPSA) is 29.5 Å². The minimum absolute atomic E-state index is 0.127. The third kappa shape index (κ3) is 1.22. The molecule has 2 atom stereocenters. The Morgan fingerprint density at radius 2 is 1.92 bits per heavy atom. The summed E-state index contributed by atoms with van der Waals surface area (Å²) < 4.78 is 5.44. The van der Waals surface area contributed by atoms with Gasteiger partial charge in [-0.05, 0) is 0 Å². The summed E-state index contributed by atoms with van der Waals surface area (Å²) >= 11 is 0. The third-order valence-electron chi connectivity index (χ3n) is 2.56. The molecule has 3 heterocycles. The van der Waals surface area contributed by atoms with Crippen molar-refractivity contribution in [2.24, 2.45) is 5.92 Å². The van der Waals surface area contributed by atoms with Crippen molar-refractivity contribution in [2.75, 3.05) is 13.1 Å². The molecule has 0 saturated carbocycles. The highest BCUT2D eigenvalue weighted by molar-refractivity contribution is 5.78. The van der Waals surface area contributed by atoms with E-state index >= 15 is 0 Å².